The fourth-order valence-electron chi connectivity index (χ4n) is 11.8. The first-order valence-corrected chi connectivity index (χ1v) is 23.1. The topological polar surface area (TPSA) is 89.4 Å². The van der Waals surface area contributed by atoms with E-state index in [1.54, 1.807) is 10.0 Å². The first-order chi connectivity index (χ1) is 27.5. The van der Waals surface area contributed by atoms with Gasteiger partial charge in [-0.2, -0.15) is 10.2 Å². The fraction of sp³-hybridized carbons (Fsp3) is 0.667. The van der Waals surface area contributed by atoms with Crippen LogP contribution in [0.4, 0.5) is 9.59 Å². The zero-order valence-corrected chi connectivity index (χ0v) is 37.9. The Kier molecular flexibility index (Phi) is 12.4. The first-order valence-electron chi connectivity index (χ1n) is 22.3. The third-order valence-corrected chi connectivity index (χ3v) is 17.3. The molecule has 4 saturated carbocycles. The highest BCUT2D eigenvalue weighted by atomic mass is 35.5. The molecule has 6 aliphatic rings. The molecule has 10 heteroatoms. The Balaban J connectivity index is 0.000000177. The number of carbonyl (C=O) groups excluding carboxylic acids is 2. The van der Waals surface area contributed by atoms with Crippen LogP contribution in [-0.2, 0) is 0 Å². The highest BCUT2D eigenvalue weighted by molar-refractivity contribution is 6.30. The predicted octanol–water partition coefficient (Wildman–Crippen LogP) is 12.4. The van der Waals surface area contributed by atoms with E-state index in [0.29, 0.717) is 24.9 Å². The Labute approximate surface area is 358 Å². The standard InChI is InChI=1S/2C24H34ClN3O/c2*1-5-6-7-20-19(16-8-10-18(25)11-9-16)15-28(27-20)22(29)26-21-14-17-12-13-24(21,4)23(17,2)3/h2*8-11,17,19,21H,5-7,12-15H2,1-4H3,(H,26,29)/t17-,19+,21+,24+;17-,19-,21+,24+/m11/s1. The van der Waals surface area contributed by atoms with Gasteiger partial charge in [0.2, 0.25) is 0 Å². The van der Waals surface area contributed by atoms with Crippen LogP contribution in [0, 0.1) is 33.5 Å². The molecule has 0 radical (unpaired) electrons. The molecule has 0 aromatic heterocycles. The summed E-state index contributed by atoms with van der Waals surface area (Å²) in [7, 11) is 0. The van der Waals surface area contributed by atoms with Crippen LogP contribution in [0.15, 0.2) is 58.7 Å². The van der Waals surface area contributed by atoms with Gasteiger partial charge in [0.05, 0.1) is 13.1 Å². The second-order valence-corrected chi connectivity index (χ2v) is 20.9. The molecule has 4 aliphatic carbocycles. The van der Waals surface area contributed by atoms with Gasteiger partial charge in [0, 0.05) is 45.4 Å². The quantitative estimate of drug-likeness (QED) is 0.250. The van der Waals surface area contributed by atoms with E-state index in [1.807, 2.05) is 24.3 Å². The fourth-order valence-corrected chi connectivity index (χ4v) is 12.0. The molecular weight excluding hydrogens is 763 g/mol. The largest absolute Gasteiger partial charge is 0.338 e. The number of carbonyl (C=O) groups is 2. The molecule has 0 spiro atoms. The van der Waals surface area contributed by atoms with Crippen LogP contribution in [0.1, 0.15) is 155 Å². The van der Waals surface area contributed by atoms with Gasteiger partial charge in [0.25, 0.3) is 0 Å². The molecule has 4 fully saturated rings. The second-order valence-electron chi connectivity index (χ2n) is 20.0. The zero-order chi connectivity index (χ0) is 41.6. The van der Waals surface area contributed by atoms with Crippen molar-refractivity contribution >= 4 is 46.7 Å². The van der Waals surface area contributed by atoms with E-state index in [-0.39, 0.29) is 57.6 Å². The molecule has 2 aromatic carbocycles. The molecule has 0 unspecified atom stereocenters. The molecule has 316 valence electrons. The summed E-state index contributed by atoms with van der Waals surface area (Å²) < 4.78 is 0. The van der Waals surface area contributed by atoms with Gasteiger partial charge in [-0.15, -0.1) is 0 Å². The molecule has 8 nitrogen and oxygen atoms in total. The van der Waals surface area contributed by atoms with Gasteiger partial charge < -0.3 is 10.6 Å². The smallest absolute Gasteiger partial charge is 0.333 e. The van der Waals surface area contributed by atoms with E-state index in [2.05, 4.69) is 90.3 Å². The van der Waals surface area contributed by atoms with Crippen LogP contribution >= 0.6 is 23.2 Å². The van der Waals surface area contributed by atoms with Gasteiger partial charge in [-0.3, -0.25) is 0 Å². The lowest BCUT2D eigenvalue weighted by molar-refractivity contribution is 0.118. The Bertz CT molecular complexity index is 1740. The van der Waals surface area contributed by atoms with Crippen molar-refractivity contribution in [2.24, 2.45) is 43.7 Å². The number of hydrogen-bond donors (Lipinski definition) is 2. The van der Waals surface area contributed by atoms with Crippen LogP contribution in [-0.4, -0.2) is 58.7 Å². The number of benzene rings is 2. The van der Waals surface area contributed by atoms with Crippen LogP contribution in [0.25, 0.3) is 0 Å². The Hall–Kier alpha value is -3.10. The number of fused-ring (bicyclic) bond motifs is 4. The van der Waals surface area contributed by atoms with Crippen molar-refractivity contribution in [1.82, 2.24) is 20.7 Å². The van der Waals surface area contributed by atoms with Gasteiger partial charge in [-0.05, 0) is 133 Å². The Morgan fingerprint density at radius 1 is 0.638 bits per heavy atom. The SMILES string of the molecule is CCCCC1=NN(C(=O)N[C@H]2C[C@H]3CC[C@]2(C)C3(C)C)C[C@@H]1c1ccc(Cl)cc1.CCCCC1=NN(C(=O)N[C@H]2C[C@H]3CC[C@]2(C)C3(C)C)C[C@H]1c1ccc(Cl)cc1. The van der Waals surface area contributed by atoms with Crippen molar-refractivity contribution in [2.45, 2.75) is 156 Å². The van der Waals surface area contributed by atoms with E-state index in [9.17, 15) is 9.59 Å². The van der Waals surface area contributed by atoms with E-state index in [0.717, 1.165) is 72.8 Å². The summed E-state index contributed by atoms with van der Waals surface area (Å²) in [5.41, 5.74) is 5.54. The maximum atomic E-state index is 13.2. The Morgan fingerprint density at radius 2 is 1.00 bits per heavy atom. The number of urea groups is 2. The van der Waals surface area contributed by atoms with Gasteiger partial charge >= 0.3 is 12.1 Å². The van der Waals surface area contributed by atoms with Gasteiger partial charge in [0.15, 0.2) is 0 Å². The number of nitrogens with zero attached hydrogens (tertiary/aromatic N) is 4. The third-order valence-electron chi connectivity index (χ3n) is 16.8. The first kappa shape index (κ1) is 43.0. The number of hydrogen-bond acceptors (Lipinski definition) is 4. The van der Waals surface area contributed by atoms with Crippen molar-refractivity contribution in [2.75, 3.05) is 13.1 Å². The lowest BCUT2D eigenvalue weighted by atomic mass is 9.69. The zero-order valence-electron chi connectivity index (χ0n) is 36.3. The number of rotatable bonds is 10. The summed E-state index contributed by atoms with van der Waals surface area (Å²) in [6.07, 6.45) is 13.5. The highest BCUT2D eigenvalue weighted by Crippen LogP contribution is 2.66. The third kappa shape index (κ3) is 7.83. The summed E-state index contributed by atoms with van der Waals surface area (Å²) >= 11 is 12.1. The minimum atomic E-state index is -0.0370. The van der Waals surface area contributed by atoms with Crippen LogP contribution in [0.5, 0.6) is 0 Å². The number of amides is 4. The molecule has 8 rings (SSSR count). The molecule has 2 heterocycles. The molecule has 2 aliphatic heterocycles. The molecule has 0 saturated heterocycles. The van der Waals surface area contributed by atoms with Gasteiger partial charge in [-0.1, -0.05) is 116 Å². The average molecular weight is 832 g/mol. The number of halogens is 2. The average Bonchev–Trinajstić information content (AvgIpc) is 3.99. The van der Waals surface area contributed by atoms with E-state index in [4.69, 9.17) is 33.4 Å². The molecular formula is C48H68Cl2N6O2. The van der Waals surface area contributed by atoms with Crippen LogP contribution < -0.4 is 10.6 Å². The maximum Gasteiger partial charge on any atom is 0.338 e. The molecule has 58 heavy (non-hydrogen) atoms. The molecule has 8 atom stereocenters. The summed E-state index contributed by atoms with van der Waals surface area (Å²) in [6, 6.07) is 16.4. The molecule has 4 bridgehead atoms. The summed E-state index contributed by atoms with van der Waals surface area (Å²) in [5, 5.41) is 21.1. The lowest BCUT2D eigenvalue weighted by Gasteiger charge is -2.39. The highest BCUT2D eigenvalue weighted by Gasteiger charge is 2.63. The second kappa shape index (κ2) is 16.7. The van der Waals surface area contributed by atoms with Gasteiger partial charge in [-0.25, -0.2) is 19.6 Å². The number of hydrazone groups is 2. The monoisotopic (exact) mass is 830 g/mol. The number of nitrogens with one attached hydrogen (secondary N) is 2. The normalized spacial score (nSPS) is 32.5. The van der Waals surface area contributed by atoms with Crippen molar-refractivity contribution in [3.05, 3.63) is 69.7 Å². The van der Waals surface area contributed by atoms with Crippen molar-refractivity contribution in [1.29, 1.82) is 0 Å². The van der Waals surface area contributed by atoms with Crippen LogP contribution in [0.2, 0.25) is 10.0 Å². The van der Waals surface area contributed by atoms with E-state index in [1.165, 1.54) is 36.8 Å². The molecule has 4 amide bonds. The minimum Gasteiger partial charge on any atom is -0.333 e. The van der Waals surface area contributed by atoms with E-state index < -0.39 is 0 Å². The van der Waals surface area contributed by atoms with Crippen molar-refractivity contribution < 1.29 is 9.59 Å². The van der Waals surface area contributed by atoms with Gasteiger partial charge in [0.1, 0.15) is 0 Å². The van der Waals surface area contributed by atoms with Crippen molar-refractivity contribution in [3.63, 3.8) is 0 Å². The minimum absolute atomic E-state index is 0.0370. The summed E-state index contributed by atoms with van der Waals surface area (Å²) in [5.74, 6) is 1.75. The van der Waals surface area contributed by atoms with Crippen molar-refractivity contribution in [3.8, 4) is 0 Å². The Morgan fingerprint density at radius 3 is 1.29 bits per heavy atom. The maximum absolute atomic E-state index is 13.2. The molecule has 2 N–H and O–H groups in total. The number of unbranched alkanes of at least 4 members (excludes halogenated alkanes) is 2. The molecule has 2 aromatic rings. The summed E-state index contributed by atoms with van der Waals surface area (Å²) in [4.78, 5) is 26.3. The van der Waals surface area contributed by atoms with Crippen LogP contribution in [0.3, 0.4) is 0 Å². The summed E-state index contributed by atoms with van der Waals surface area (Å²) in [6.45, 7) is 19.8. The van der Waals surface area contributed by atoms with E-state index >= 15 is 0 Å². The lowest BCUT2D eigenvalue weighted by Crippen LogP contribution is -2.50. The predicted molar refractivity (Wildman–Crippen MR) is 239 cm³/mol.